The van der Waals surface area contributed by atoms with E-state index in [1.807, 2.05) is 32.2 Å². The highest BCUT2D eigenvalue weighted by Crippen LogP contribution is 2.32. The van der Waals surface area contributed by atoms with Crippen LogP contribution in [-0.4, -0.2) is 13.1 Å². The van der Waals surface area contributed by atoms with Crippen molar-refractivity contribution in [3.63, 3.8) is 0 Å². The Labute approximate surface area is 110 Å². The first-order valence-electron chi connectivity index (χ1n) is 5.05. The molecule has 0 bridgehead atoms. The highest BCUT2D eigenvalue weighted by atomic mass is 79.9. The molecule has 86 valence electrons. The van der Waals surface area contributed by atoms with Gasteiger partial charge in [-0.05, 0) is 18.6 Å². The average Bonchev–Trinajstić information content (AvgIpc) is 2.28. The van der Waals surface area contributed by atoms with Crippen LogP contribution in [0.3, 0.4) is 0 Å². The molecule has 1 aromatic rings. The van der Waals surface area contributed by atoms with Crippen LogP contribution in [0.25, 0.3) is 0 Å². The van der Waals surface area contributed by atoms with E-state index in [-0.39, 0.29) is 6.04 Å². The van der Waals surface area contributed by atoms with Gasteiger partial charge < -0.3 is 4.90 Å². The third-order valence-electron chi connectivity index (χ3n) is 2.61. The molecule has 0 radical (unpaired) electrons. The molecule has 0 amide bonds. The standard InChI is InChI=1S/C12H14BrClN2/c1-9(6-7-15)16(2)12-10(8-13)4-3-5-11(12)14/h3-5,9H,6,8H2,1-2H3. The second-order valence-electron chi connectivity index (χ2n) is 3.70. The number of anilines is 1. The molecule has 4 heteroatoms. The fourth-order valence-corrected chi connectivity index (χ4v) is 2.33. The van der Waals surface area contributed by atoms with E-state index >= 15 is 0 Å². The lowest BCUT2D eigenvalue weighted by Gasteiger charge is -2.28. The summed E-state index contributed by atoms with van der Waals surface area (Å²) in [6, 6.07) is 8.18. The number of nitriles is 1. The van der Waals surface area contributed by atoms with Crippen LogP contribution in [0.1, 0.15) is 18.9 Å². The summed E-state index contributed by atoms with van der Waals surface area (Å²) in [5.74, 6) is 0. The lowest BCUT2D eigenvalue weighted by molar-refractivity contribution is 0.701. The molecule has 0 aromatic heterocycles. The molecule has 0 spiro atoms. The summed E-state index contributed by atoms with van der Waals surface area (Å²) in [4.78, 5) is 2.06. The molecule has 0 aliphatic heterocycles. The number of para-hydroxylation sites is 1. The number of benzene rings is 1. The highest BCUT2D eigenvalue weighted by molar-refractivity contribution is 9.08. The monoisotopic (exact) mass is 300 g/mol. The van der Waals surface area contributed by atoms with E-state index in [0.29, 0.717) is 6.42 Å². The first-order valence-corrected chi connectivity index (χ1v) is 6.55. The molecule has 0 saturated heterocycles. The maximum absolute atomic E-state index is 8.71. The van der Waals surface area contributed by atoms with Gasteiger partial charge in [-0.25, -0.2) is 0 Å². The van der Waals surface area contributed by atoms with Gasteiger partial charge in [-0.2, -0.15) is 5.26 Å². The topological polar surface area (TPSA) is 27.0 Å². The first-order chi connectivity index (χ1) is 7.61. The lowest BCUT2D eigenvalue weighted by Crippen LogP contribution is -2.29. The maximum Gasteiger partial charge on any atom is 0.0643 e. The van der Waals surface area contributed by atoms with Crippen LogP contribution < -0.4 is 4.90 Å². The molecule has 1 rings (SSSR count). The van der Waals surface area contributed by atoms with E-state index in [1.54, 1.807) is 0 Å². The quantitative estimate of drug-likeness (QED) is 0.787. The summed E-state index contributed by atoms with van der Waals surface area (Å²) < 4.78 is 0. The maximum atomic E-state index is 8.71. The van der Waals surface area contributed by atoms with Gasteiger partial charge in [0, 0.05) is 18.4 Å². The minimum Gasteiger partial charge on any atom is -0.369 e. The number of alkyl halides is 1. The van der Waals surface area contributed by atoms with E-state index < -0.39 is 0 Å². The van der Waals surface area contributed by atoms with Gasteiger partial charge in [0.1, 0.15) is 0 Å². The van der Waals surface area contributed by atoms with Crippen molar-refractivity contribution in [1.29, 1.82) is 5.26 Å². The van der Waals surface area contributed by atoms with Gasteiger partial charge >= 0.3 is 0 Å². The average molecular weight is 302 g/mol. The van der Waals surface area contributed by atoms with E-state index in [1.165, 1.54) is 0 Å². The third-order valence-corrected chi connectivity index (χ3v) is 3.52. The smallest absolute Gasteiger partial charge is 0.0643 e. The molecule has 0 fully saturated rings. The Balaban J connectivity index is 3.07. The number of hydrogen-bond donors (Lipinski definition) is 0. The summed E-state index contributed by atoms with van der Waals surface area (Å²) in [6.07, 6.45) is 0.490. The molecule has 0 heterocycles. The van der Waals surface area contributed by atoms with Gasteiger partial charge in [-0.3, -0.25) is 0 Å². The highest BCUT2D eigenvalue weighted by Gasteiger charge is 2.15. The van der Waals surface area contributed by atoms with Crippen molar-refractivity contribution in [1.82, 2.24) is 0 Å². The Morgan fingerprint density at radius 2 is 2.25 bits per heavy atom. The zero-order chi connectivity index (χ0) is 12.1. The molecule has 1 unspecified atom stereocenters. The van der Waals surface area contributed by atoms with Gasteiger partial charge in [-0.1, -0.05) is 39.7 Å². The molecule has 2 nitrogen and oxygen atoms in total. The van der Waals surface area contributed by atoms with Crippen LogP contribution >= 0.6 is 27.5 Å². The second kappa shape index (κ2) is 6.12. The van der Waals surface area contributed by atoms with Gasteiger partial charge in [0.25, 0.3) is 0 Å². The van der Waals surface area contributed by atoms with Crippen LogP contribution in [0.4, 0.5) is 5.69 Å². The van der Waals surface area contributed by atoms with Crippen molar-refractivity contribution in [2.75, 3.05) is 11.9 Å². The zero-order valence-electron chi connectivity index (χ0n) is 9.37. The zero-order valence-corrected chi connectivity index (χ0v) is 11.7. The molecule has 1 aromatic carbocycles. The molecule has 0 N–H and O–H groups in total. The number of halogens is 2. The van der Waals surface area contributed by atoms with Crippen LogP contribution in [0, 0.1) is 11.3 Å². The number of nitrogens with zero attached hydrogens (tertiary/aromatic N) is 2. The molecule has 16 heavy (non-hydrogen) atoms. The van der Waals surface area contributed by atoms with Crippen molar-refractivity contribution in [3.05, 3.63) is 28.8 Å². The van der Waals surface area contributed by atoms with Crippen LogP contribution in [0.15, 0.2) is 18.2 Å². The summed E-state index contributed by atoms with van der Waals surface area (Å²) >= 11 is 9.65. The van der Waals surface area contributed by atoms with Gasteiger partial charge in [-0.15, -0.1) is 0 Å². The van der Waals surface area contributed by atoms with Crippen LogP contribution in [0.5, 0.6) is 0 Å². The minimum absolute atomic E-state index is 0.155. The van der Waals surface area contributed by atoms with Crippen molar-refractivity contribution < 1.29 is 0 Å². The number of rotatable bonds is 4. The fourth-order valence-electron chi connectivity index (χ4n) is 1.55. The van der Waals surface area contributed by atoms with Gasteiger partial charge in [0.15, 0.2) is 0 Å². The van der Waals surface area contributed by atoms with Crippen LogP contribution in [0.2, 0.25) is 5.02 Å². The summed E-state index contributed by atoms with van der Waals surface area (Å²) in [6.45, 7) is 2.02. The Hall–Kier alpha value is -0.720. The van der Waals surface area contributed by atoms with Gasteiger partial charge in [0.2, 0.25) is 0 Å². The van der Waals surface area contributed by atoms with Crippen molar-refractivity contribution >= 4 is 33.2 Å². The molecule has 1 atom stereocenters. The van der Waals surface area contributed by atoms with Crippen molar-refractivity contribution in [3.8, 4) is 6.07 Å². The molecular weight excluding hydrogens is 288 g/mol. The van der Waals surface area contributed by atoms with Gasteiger partial charge in [0.05, 0.1) is 23.2 Å². The van der Waals surface area contributed by atoms with E-state index in [4.69, 9.17) is 16.9 Å². The van der Waals surface area contributed by atoms with Crippen LogP contribution in [-0.2, 0) is 5.33 Å². The lowest BCUT2D eigenvalue weighted by atomic mass is 10.1. The molecule has 0 saturated carbocycles. The Kier molecular flexibility index (Phi) is 5.11. The molecular formula is C12H14BrClN2. The summed E-state index contributed by atoms with van der Waals surface area (Å²) in [5.41, 5.74) is 2.14. The Morgan fingerprint density at radius 1 is 1.56 bits per heavy atom. The van der Waals surface area contributed by atoms with Crippen molar-refractivity contribution in [2.45, 2.75) is 24.7 Å². The third kappa shape index (κ3) is 2.90. The predicted molar refractivity (Wildman–Crippen MR) is 72.2 cm³/mol. The molecule has 0 aliphatic rings. The SMILES string of the molecule is CC(CC#N)N(C)c1c(Cl)cccc1CBr. The summed E-state index contributed by atoms with van der Waals surface area (Å²) in [7, 11) is 1.97. The first kappa shape index (κ1) is 13.3. The Morgan fingerprint density at radius 3 is 2.81 bits per heavy atom. The van der Waals surface area contributed by atoms with E-state index in [2.05, 4.69) is 26.9 Å². The van der Waals surface area contributed by atoms with E-state index in [0.717, 1.165) is 21.6 Å². The van der Waals surface area contributed by atoms with E-state index in [9.17, 15) is 0 Å². The molecule has 0 aliphatic carbocycles. The fraction of sp³-hybridized carbons (Fsp3) is 0.417. The second-order valence-corrected chi connectivity index (χ2v) is 4.67. The predicted octanol–water partition coefficient (Wildman–Crippen LogP) is 3.97. The Bertz CT molecular complexity index is 400. The van der Waals surface area contributed by atoms with Crippen molar-refractivity contribution in [2.24, 2.45) is 0 Å². The summed E-state index contributed by atoms with van der Waals surface area (Å²) in [5, 5.41) is 10.2. The minimum atomic E-state index is 0.155. The number of hydrogen-bond acceptors (Lipinski definition) is 2. The largest absolute Gasteiger partial charge is 0.369 e. The normalized spacial score (nSPS) is 11.9.